The van der Waals surface area contributed by atoms with Gasteiger partial charge in [0.15, 0.2) is 6.10 Å². The number of para-hydroxylation sites is 1. The predicted octanol–water partition coefficient (Wildman–Crippen LogP) is 6.46. The topological polar surface area (TPSA) is 70.7 Å². The standard InChI is InChI=1S/C22H23ClF5N3O3/c1-4-9-31(5-2)21(33)29-17-11-18(34-12(3)22(26,27)28)13(10-16(17)25)20(32)30-19-14(23)7-6-8-15(19)24/h6-8,10-12H,4-5,9H2,1-3H3,(H,29,33)(H,30,32). The molecule has 0 aliphatic carbocycles. The lowest BCUT2D eigenvalue weighted by atomic mass is 10.1. The molecule has 12 heteroatoms. The Labute approximate surface area is 198 Å². The van der Waals surface area contributed by atoms with Gasteiger partial charge in [-0.1, -0.05) is 24.6 Å². The minimum atomic E-state index is -4.81. The molecule has 0 heterocycles. The van der Waals surface area contributed by atoms with Crippen LogP contribution < -0.4 is 15.4 Å². The fourth-order valence-electron chi connectivity index (χ4n) is 2.85. The normalized spacial score (nSPS) is 12.1. The number of rotatable bonds is 8. The quantitative estimate of drug-likeness (QED) is 0.403. The lowest BCUT2D eigenvalue weighted by Gasteiger charge is -2.23. The van der Waals surface area contributed by atoms with E-state index in [1.807, 2.05) is 6.92 Å². The maximum atomic E-state index is 14.8. The largest absolute Gasteiger partial charge is 0.480 e. The second-order valence-corrected chi connectivity index (χ2v) is 7.60. The third-order valence-corrected chi connectivity index (χ3v) is 5.00. The minimum Gasteiger partial charge on any atom is -0.480 e. The Morgan fingerprint density at radius 1 is 1.12 bits per heavy atom. The molecule has 0 aromatic heterocycles. The highest BCUT2D eigenvalue weighted by atomic mass is 35.5. The summed E-state index contributed by atoms with van der Waals surface area (Å²) in [5, 5.41) is 4.20. The summed E-state index contributed by atoms with van der Waals surface area (Å²) in [7, 11) is 0. The summed E-state index contributed by atoms with van der Waals surface area (Å²) >= 11 is 5.87. The van der Waals surface area contributed by atoms with Gasteiger partial charge in [0.25, 0.3) is 5.91 Å². The fourth-order valence-corrected chi connectivity index (χ4v) is 3.06. The average molecular weight is 508 g/mol. The highest BCUT2D eigenvalue weighted by Crippen LogP contribution is 2.33. The van der Waals surface area contributed by atoms with Crippen molar-refractivity contribution in [2.45, 2.75) is 39.5 Å². The van der Waals surface area contributed by atoms with Gasteiger partial charge in [-0.2, -0.15) is 13.2 Å². The number of nitrogens with zero attached hydrogens (tertiary/aromatic N) is 1. The molecule has 1 unspecified atom stereocenters. The van der Waals surface area contributed by atoms with Crippen LogP contribution >= 0.6 is 11.6 Å². The number of carbonyl (C=O) groups excluding carboxylic acids is 2. The van der Waals surface area contributed by atoms with Crippen LogP contribution in [0.25, 0.3) is 0 Å². The van der Waals surface area contributed by atoms with E-state index < -0.39 is 58.5 Å². The summed E-state index contributed by atoms with van der Waals surface area (Å²) in [4.78, 5) is 26.5. The number of hydrogen-bond donors (Lipinski definition) is 2. The number of carbonyl (C=O) groups is 2. The van der Waals surface area contributed by atoms with Crippen LogP contribution in [0.2, 0.25) is 5.02 Å². The Balaban J connectivity index is 2.47. The molecule has 34 heavy (non-hydrogen) atoms. The molecule has 2 rings (SSSR count). The van der Waals surface area contributed by atoms with E-state index in [9.17, 15) is 31.5 Å². The van der Waals surface area contributed by atoms with Crippen molar-refractivity contribution < 1.29 is 36.3 Å². The van der Waals surface area contributed by atoms with E-state index in [0.717, 1.165) is 12.1 Å². The Hall–Kier alpha value is -3.08. The van der Waals surface area contributed by atoms with E-state index >= 15 is 0 Å². The number of ether oxygens (including phenoxy) is 1. The molecule has 2 N–H and O–H groups in total. The predicted molar refractivity (Wildman–Crippen MR) is 118 cm³/mol. The van der Waals surface area contributed by atoms with Crippen LogP contribution in [0.4, 0.5) is 38.1 Å². The van der Waals surface area contributed by atoms with Crippen LogP contribution in [0.1, 0.15) is 37.6 Å². The van der Waals surface area contributed by atoms with Gasteiger partial charge >= 0.3 is 12.2 Å². The molecule has 1 atom stereocenters. The molecule has 0 radical (unpaired) electrons. The number of halogens is 6. The van der Waals surface area contributed by atoms with E-state index in [1.165, 1.54) is 17.0 Å². The van der Waals surface area contributed by atoms with Gasteiger partial charge in [-0.3, -0.25) is 4.79 Å². The van der Waals surface area contributed by atoms with E-state index in [1.54, 1.807) is 6.92 Å². The minimum absolute atomic E-state index is 0.181. The summed E-state index contributed by atoms with van der Waals surface area (Å²) < 4.78 is 73.0. The van der Waals surface area contributed by atoms with Crippen LogP contribution in [0, 0.1) is 11.6 Å². The smallest absolute Gasteiger partial charge is 0.425 e. The van der Waals surface area contributed by atoms with E-state index in [4.69, 9.17) is 16.3 Å². The monoisotopic (exact) mass is 507 g/mol. The first kappa shape index (κ1) is 27.2. The zero-order chi connectivity index (χ0) is 25.6. The number of hydrogen-bond acceptors (Lipinski definition) is 3. The molecule has 0 fully saturated rings. The molecule has 0 saturated carbocycles. The molecular weight excluding hydrogens is 485 g/mol. The number of alkyl halides is 3. The van der Waals surface area contributed by atoms with Crippen molar-refractivity contribution in [1.29, 1.82) is 0 Å². The van der Waals surface area contributed by atoms with Crippen LogP contribution in [-0.2, 0) is 0 Å². The van der Waals surface area contributed by atoms with Crippen LogP contribution in [-0.4, -0.2) is 42.2 Å². The number of nitrogens with one attached hydrogen (secondary N) is 2. The molecule has 0 aliphatic rings. The highest BCUT2D eigenvalue weighted by Gasteiger charge is 2.39. The zero-order valence-corrected chi connectivity index (χ0v) is 19.3. The summed E-state index contributed by atoms with van der Waals surface area (Å²) in [5.41, 5.74) is -1.60. The second kappa shape index (κ2) is 11.4. The molecule has 3 amide bonds. The average Bonchev–Trinajstić information content (AvgIpc) is 2.75. The number of anilines is 2. The summed E-state index contributed by atoms with van der Waals surface area (Å²) in [6.07, 6.45) is -6.56. The van der Waals surface area contributed by atoms with Crippen LogP contribution in [0.5, 0.6) is 5.75 Å². The van der Waals surface area contributed by atoms with Gasteiger partial charge in [-0.05, 0) is 38.5 Å². The van der Waals surface area contributed by atoms with Gasteiger partial charge in [0.2, 0.25) is 0 Å². The zero-order valence-electron chi connectivity index (χ0n) is 18.5. The first-order chi connectivity index (χ1) is 15.9. The van der Waals surface area contributed by atoms with E-state index in [-0.39, 0.29) is 5.02 Å². The SMILES string of the molecule is CCCN(CC)C(=O)Nc1cc(OC(C)C(F)(F)F)c(C(=O)Nc2c(F)cccc2Cl)cc1F. The molecule has 0 saturated heterocycles. The number of urea groups is 1. The Morgan fingerprint density at radius 2 is 1.79 bits per heavy atom. The lowest BCUT2D eigenvalue weighted by molar-refractivity contribution is -0.189. The highest BCUT2D eigenvalue weighted by molar-refractivity contribution is 6.34. The fraction of sp³-hybridized carbons (Fsp3) is 0.364. The first-order valence-corrected chi connectivity index (χ1v) is 10.6. The molecule has 2 aromatic rings. The van der Waals surface area contributed by atoms with Crippen LogP contribution in [0.15, 0.2) is 30.3 Å². The Morgan fingerprint density at radius 3 is 2.35 bits per heavy atom. The van der Waals surface area contributed by atoms with Gasteiger partial charge in [0.1, 0.15) is 17.4 Å². The molecule has 2 aromatic carbocycles. The number of amides is 3. The van der Waals surface area contributed by atoms with Gasteiger partial charge in [-0.25, -0.2) is 13.6 Å². The summed E-state index contributed by atoms with van der Waals surface area (Å²) in [6, 6.07) is 4.23. The molecule has 186 valence electrons. The maximum Gasteiger partial charge on any atom is 0.425 e. The van der Waals surface area contributed by atoms with Gasteiger partial charge in [-0.15, -0.1) is 0 Å². The molecule has 0 aliphatic heterocycles. The third-order valence-electron chi connectivity index (χ3n) is 4.68. The van der Waals surface area contributed by atoms with Crippen molar-refractivity contribution in [2.75, 3.05) is 23.7 Å². The lowest BCUT2D eigenvalue weighted by Crippen LogP contribution is -2.35. The van der Waals surface area contributed by atoms with Gasteiger partial charge in [0.05, 0.1) is 22.0 Å². The molecule has 0 bridgehead atoms. The first-order valence-electron chi connectivity index (χ1n) is 10.3. The van der Waals surface area contributed by atoms with Crippen LogP contribution in [0.3, 0.4) is 0 Å². The van der Waals surface area contributed by atoms with Crippen molar-refractivity contribution >= 4 is 34.9 Å². The van der Waals surface area contributed by atoms with E-state index in [0.29, 0.717) is 32.5 Å². The van der Waals surface area contributed by atoms with Gasteiger partial charge < -0.3 is 20.3 Å². The number of benzene rings is 2. The maximum absolute atomic E-state index is 14.8. The summed E-state index contributed by atoms with van der Waals surface area (Å²) in [6.45, 7) is 4.89. The van der Waals surface area contributed by atoms with Crippen molar-refractivity contribution in [2.24, 2.45) is 0 Å². The molecular formula is C22H23ClF5N3O3. The van der Waals surface area contributed by atoms with Gasteiger partial charge in [0, 0.05) is 19.2 Å². The van der Waals surface area contributed by atoms with Crippen molar-refractivity contribution in [1.82, 2.24) is 4.90 Å². The third kappa shape index (κ3) is 6.72. The van der Waals surface area contributed by atoms with Crippen molar-refractivity contribution in [3.05, 3.63) is 52.6 Å². The van der Waals surface area contributed by atoms with Crippen molar-refractivity contribution in [3.63, 3.8) is 0 Å². The molecule has 6 nitrogen and oxygen atoms in total. The van der Waals surface area contributed by atoms with Crippen molar-refractivity contribution in [3.8, 4) is 5.75 Å². The Bertz CT molecular complexity index is 1030. The summed E-state index contributed by atoms with van der Waals surface area (Å²) in [5.74, 6) is -3.87. The Kier molecular flexibility index (Phi) is 9.08. The van der Waals surface area contributed by atoms with E-state index in [2.05, 4.69) is 10.6 Å². The molecule has 0 spiro atoms. The second-order valence-electron chi connectivity index (χ2n) is 7.19.